The summed E-state index contributed by atoms with van der Waals surface area (Å²) in [6.45, 7) is 3.24. The summed E-state index contributed by atoms with van der Waals surface area (Å²) in [4.78, 5) is 12.0. The number of piperidine rings is 1. The minimum atomic E-state index is -0.0580. The third-order valence-electron chi connectivity index (χ3n) is 4.25. The molecule has 1 heterocycles. The summed E-state index contributed by atoms with van der Waals surface area (Å²) in [6, 6.07) is 0. The van der Waals surface area contributed by atoms with Crippen molar-refractivity contribution in [2.75, 3.05) is 13.7 Å². The molecule has 1 fully saturated rings. The average molecular weight is 253 g/mol. The summed E-state index contributed by atoms with van der Waals surface area (Å²) in [7, 11) is 3.70. The van der Waals surface area contributed by atoms with Gasteiger partial charge in [-0.05, 0) is 31.2 Å². The first kappa shape index (κ1) is 15.6. The number of ether oxygens (including phenoxy) is 1. The van der Waals surface area contributed by atoms with Gasteiger partial charge in [-0.2, -0.15) is 0 Å². The van der Waals surface area contributed by atoms with E-state index in [4.69, 9.17) is 4.74 Å². The Balaban J connectivity index is 2.56. The zero-order valence-electron chi connectivity index (χ0n) is 12.3. The Morgan fingerprint density at radius 1 is 1.39 bits per heavy atom. The molecule has 1 rings (SSSR count). The number of hydrogen-bond donors (Lipinski definition) is 1. The lowest BCUT2D eigenvalue weighted by Crippen LogP contribution is -2.57. The van der Waals surface area contributed by atoms with Crippen molar-refractivity contribution in [1.29, 1.82) is 0 Å². The van der Waals surface area contributed by atoms with E-state index in [0.717, 1.165) is 25.8 Å². The molecule has 18 heavy (non-hydrogen) atoms. The molecular weight excluding hydrogens is 225 g/mol. The fraction of sp³-hybridized carbons (Fsp3) is 0.929. The SMILES string of the molecule is BC1(C(CCCCCC)C(=O)OC)CCCCN1. The normalized spacial score (nSPS) is 25.7. The third-order valence-corrected chi connectivity index (χ3v) is 4.25. The molecule has 1 saturated heterocycles. The quantitative estimate of drug-likeness (QED) is 0.427. The highest BCUT2D eigenvalue weighted by Crippen LogP contribution is 2.29. The van der Waals surface area contributed by atoms with Crippen LogP contribution in [0.25, 0.3) is 0 Å². The zero-order valence-corrected chi connectivity index (χ0v) is 12.3. The number of methoxy groups -OCH3 is 1. The van der Waals surface area contributed by atoms with Crippen molar-refractivity contribution >= 4 is 13.8 Å². The Hall–Kier alpha value is -0.505. The Kier molecular flexibility index (Phi) is 6.76. The second-order valence-electron chi connectivity index (χ2n) is 5.73. The van der Waals surface area contributed by atoms with E-state index in [-0.39, 0.29) is 17.3 Å². The molecule has 0 radical (unpaired) electrons. The fourth-order valence-electron chi connectivity index (χ4n) is 2.99. The Morgan fingerprint density at radius 2 is 2.17 bits per heavy atom. The lowest BCUT2D eigenvalue weighted by atomic mass is 9.62. The molecule has 104 valence electrons. The summed E-state index contributed by atoms with van der Waals surface area (Å²) in [5.74, 6) is -0.0249. The number of hydrogen-bond acceptors (Lipinski definition) is 3. The van der Waals surface area contributed by atoms with Crippen molar-refractivity contribution in [3.8, 4) is 0 Å². The van der Waals surface area contributed by atoms with Crippen LogP contribution in [0, 0.1) is 5.92 Å². The van der Waals surface area contributed by atoms with E-state index in [9.17, 15) is 4.79 Å². The molecule has 1 N–H and O–H groups in total. The van der Waals surface area contributed by atoms with E-state index < -0.39 is 0 Å². The van der Waals surface area contributed by atoms with Crippen LogP contribution in [0.1, 0.15) is 58.3 Å². The summed E-state index contributed by atoms with van der Waals surface area (Å²) in [5, 5.41) is 3.55. The monoisotopic (exact) mass is 253 g/mol. The van der Waals surface area contributed by atoms with Gasteiger partial charge in [-0.1, -0.05) is 39.0 Å². The molecule has 0 aliphatic carbocycles. The fourth-order valence-corrected chi connectivity index (χ4v) is 2.99. The molecule has 0 aromatic heterocycles. The van der Waals surface area contributed by atoms with Gasteiger partial charge in [0.1, 0.15) is 7.85 Å². The lowest BCUT2D eigenvalue weighted by Gasteiger charge is -2.40. The summed E-state index contributed by atoms with van der Waals surface area (Å²) >= 11 is 0. The van der Waals surface area contributed by atoms with E-state index in [2.05, 4.69) is 20.1 Å². The van der Waals surface area contributed by atoms with Crippen LogP contribution in [0.4, 0.5) is 0 Å². The second kappa shape index (κ2) is 7.83. The molecule has 3 nitrogen and oxygen atoms in total. The van der Waals surface area contributed by atoms with Crippen LogP contribution in [0.15, 0.2) is 0 Å². The van der Waals surface area contributed by atoms with E-state index in [1.54, 1.807) is 0 Å². The van der Waals surface area contributed by atoms with Crippen molar-refractivity contribution in [2.24, 2.45) is 5.92 Å². The second-order valence-corrected chi connectivity index (χ2v) is 5.73. The number of nitrogens with one attached hydrogen (secondary N) is 1. The molecule has 1 aliphatic heterocycles. The maximum Gasteiger partial charge on any atom is 0.309 e. The van der Waals surface area contributed by atoms with Gasteiger partial charge in [0.2, 0.25) is 0 Å². The number of unbranched alkanes of at least 4 members (excludes halogenated alkanes) is 3. The molecule has 0 spiro atoms. The van der Waals surface area contributed by atoms with E-state index >= 15 is 0 Å². The van der Waals surface area contributed by atoms with E-state index in [1.807, 2.05) is 0 Å². The number of carbonyl (C=O) groups excluding carboxylic acids is 1. The van der Waals surface area contributed by atoms with Crippen LogP contribution in [-0.4, -0.2) is 32.9 Å². The van der Waals surface area contributed by atoms with Gasteiger partial charge < -0.3 is 10.1 Å². The van der Waals surface area contributed by atoms with Gasteiger partial charge in [-0.15, -0.1) is 0 Å². The minimum Gasteiger partial charge on any atom is -0.469 e. The highest BCUT2D eigenvalue weighted by molar-refractivity contribution is 6.17. The maximum atomic E-state index is 12.0. The molecule has 0 amide bonds. The predicted octanol–water partition coefficient (Wildman–Crippen LogP) is 1.85. The van der Waals surface area contributed by atoms with Crippen molar-refractivity contribution < 1.29 is 9.53 Å². The van der Waals surface area contributed by atoms with Crippen molar-refractivity contribution in [2.45, 2.75) is 63.7 Å². The van der Waals surface area contributed by atoms with Crippen LogP contribution in [0.3, 0.4) is 0 Å². The highest BCUT2D eigenvalue weighted by atomic mass is 16.5. The minimum absolute atomic E-state index is 0.0136. The molecule has 0 aromatic rings. The molecule has 2 unspecified atom stereocenters. The third kappa shape index (κ3) is 4.31. The van der Waals surface area contributed by atoms with Gasteiger partial charge in [-0.25, -0.2) is 0 Å². The summed E-state index contributed by atoms with van der Waals surface area (Å²) in [6.07, 6.45) is 9.32. The van der Waals surface area contributed by atoms with Crippen molar-refractivity contribution in [1.82, 2.24) is 5.32 Å². The first-order valence-electron chi connectivity index (χ1n) is 7.47. The zero-order chi connectivity index (χ0) is 13.4. The van der Waals surface area contributed by atoms with Crippen LogP contribution in [0.2, 0.25) is 0 Å². The standard InChI is InChI=1S/C14H28BNO2/c1-3-4-5-6-9-12(13(17)18-2)14(15)10-7-8-11-16-14/h12,16H,3-11,15H2,1-2H3. The van der Waals surface area contributed by atoms with Crippen LogP contribution in [-0.2, 0) is 9.53 Å². The number of rotatable bonds is 7. The van der Waals surface area contributed by atoms with Gasteiger partial charge >= 0.3 is 5.97 Å². The lowest BCUT2D eigenvalue weighted by molar-refractivity contribution is -0.147. The van der Waals surface area contributed by atoms with Crippen molar-refractivity contribution in [3.63, 3.8) is 0 Å². The number of esters is 1. The van der Waals surface area contributed by atoms with Crippen molar-refractivity contribution in [3.05, 3.63) is 0 Å². The van der Waals surface area contributed by atoms with Gasteiger partial charge in [0, 0.05) is 0 Å². The van der Waals surface area contributed by atoms with Crippen LogP contribution < -0.4 is 5.32 Å². The Bertz CT molecular complexity index is 252. The first-order valence-corrected chi connectivity index (χ1v) is 7.47. The first-order chi connectivity index (χ1) is 8.64. The average Bonchev–Trinajstić information content (AvgIpc) is 2.38. The molecular formula is C14H28BNO2. The summed E-state index contributed by atoms with van der Waals surface area (Å²) < 4.78 is 5.01. The Labute approximate surface area is 112 Å². The van der Waals surface area contributed by atoms with E-state index in [1.165, 1.54) is 39.2 Å². The van der Waals surface area contributed by atoms with E-state index in [0.29, 0.717) is 0 Å². The maximum absolute atomic E-state index is 12.0. The van der Waals surface area contributed by atoms with Gasteiger partial charge in [-0.3, -0.25) is 4.79 Å². The van der Waals surface area contributed by atoms with Crippen LogP contribution >= 0.6 is 0 Å². The number of carbonyl (C=O) groups is 1. The summed E-state index contributed by atoms with van der Waals surface area (Å²) in [5.41, 5.74) is -0.0580. The molecule has 0 bridgehead atoms. The highest BCUT2D eigenvalue weighted by Gasteiger charge is 2.39. The largest absolute Gasteiger partial charge is 0.469 e. The molecule has 0 aromatic carbocycles. The van der Waals surface area contributed by atoms with Crippen LogP contribution in [0.5, 0.6) is 0 Å². The topological polar surface area (TPSA) is 38.3 Å². The molecule has 0 saturated carbocycles. The molecule has 2 atom stereocenters. The van der Waals surface area contributed by atoms with Gasteiger partial charge in [0.15, 0.2) is 0 Å². The predicted molar refractivity (Wildman–Crippen MR) is 77.4 cm³/mol. The van der Waals surface area contributed by atoms with Gasteiger partial charge in [0.05, 0.1) is 13.0 Å². The Morgan fingerprint density at radius 3 is 2.72 bits per heavy atom. The molecule has 1 aliphatic rings. The smallest absolute Gasteiger partial charge is 0.309 e. The van der Waals surface area contributed by atoms with Gasteiger partial charge in [0.25, 0.3) is 0 Å². The molecule has 4 heteroatoms.